The smallest absolute Gasteiger partial charge is 0.263 e. The van der Waals surface area contributed by atoms with Crippen molar-refractivity contribution in [3.63, 3.8) is 0 Å². The van der Waals surface area contributed by atoms with Gasteiger partial charge in [-0.2, -0.15) is 0 Å². The molecule has 2 N–H and O–H groups in total. The molecule has 2 aromatic rings. The molecule has 1 heterocycles. The van der Waals surface area contributed by atoms with E-state index in [0.717, 1.165) is 0 Å². The molecule has 0 saturated carbocycles. The van der Waals surface area contributed by atoms with Crippen molar-refractivity contribution >= 4 is 54.6 Å². The number of hydrogen-bond acceptors (Lipinski definition) is 4. The van der Waals surface area contributed by atoms with Gasteiger partial charge in [0, 0.05) is 15.6 Å². The summed E-state index contributed by atoms with van der Waals surface area (Å²) in [5.74, 6) is 0. The molecular formula is C11H9BrClNO3S2. The van der Waals surface area contributed by atoms with Gasteiger partial charge in [-0.15, -0.1) is 11.3 Å². The zero-order chi connectivity index (χ0) is 14.0. The molecule has 0 spiro atoms. The van der Waals surface area contributed by atoms with E-state index < -0.39 is 10.0 Å². The molecular weight excluding hydrogens is 374 g/mol. The molecule has 8 heteroatoms. The van der Waals surface area contributed by atoms with E-state index in [1.54, 1.807) is 24.3 Å². The summed E-state index contributed by atoms with van der Waals surface area (Å²) in [5, 5.41) is 9.55. The van der Waals surface area contributed by atoms with Gasteiger partial charge in [0.15, 0.2) is 0 Å². The van der Waals surface area contributed by atoms with E-state index in [0.29, 0.717) is 19.4 Å². The van der Waals surface area contributed by atoms with Crippen LogP contribution >= 0.6 is 38.9 Å². The Morgan fingerprint density at radius 2 is 1.95 bits per heavy atom. The van der Waals surface area contributed by atoms with E-state index in [1.165, 1.54) is 17.4 Å². The minimum atomic E-state index is -3.69. The highest BCUT2D eigenvalue weighted by atomic mass is 79.9. The third-order valence-electron chi connectivity index (χ3n) is 2.25. The largest absolute Gasteiger partial charge is 0.391 e. The first-order chi connectivity index (χ1) is 8.92. The van der Waals surface area contributed by atoms with Crippen LogP contribution in [0.3, 0.4) is 0 Å². The van der Waals surface area contributed by atoms with Crippen molar-refractivity contribution in [2.24, 2.45) is 0 Å². The first kappa shape index (κ1) is 14.8. The highest BCUT2D eigenvalue weighted by Crippen LogP contribution is 2.32. The number of aliphatic hydroxyl groups is 1. The number of hydrogen-bond donors (Lipinski definition) is 2. The molecule has 1 aromatic heterocycles. The van der Waals surface area contributed by atoms with Crippen LogP contribution in [0.1, 0.15) is 4.88 Å². The zero-order valence-electron chi connectivity index (χ0n) is 9.43. The van der Waals surface area contributed by atoms with Gasteiger partial charge in [-0.05, 0) is 46.3 Å². The molecule has 0 aliphatic heterocycles. The summed E-state index contributed by atoms with van der Waals surface area (Å²) in [6, 6.07) is 7.79. The van der Waals surface area contributed by atoms with E-state index in [1.807, 2.05) is 0 Å². The van der Waals surface area contributed by atoms with Gasteiger partial charge in [0.05, 0.1) is 10.4 Å². The fourth-order valence-corrected chi connectivity index (χ4v) is 5.12. The van der Waals surface area contributed by atoms with Crippen molar-refractivity contribution in [2.75, 3.05) is 4.72 Å². The van der Waals surface area contributed by atoms with E-state index >= 15 is 0 Å². The van der Waals surface area contributed by atoms with Gasteiger partial charge in [-0.25, -0.2) is 8.42 Å². The lowest BCUT2D eigenvalue weighted by molar-refractivity contribution is 0.285. The van der Waals surface area contributed by atoms with Crippen LogP contribution < -0.4 is 4.72 Å². The summed E-state index contributed by atoms with van der Waals surface area (Å²) < 4.78 is 27.3. The minimum Gasteiger partial charge on any atom is -0.391 e. The standard InChI is InChI=1S/C11H9BrClNO3S2/c12-11-10(5-9(6-15)18-11)19(16,17)14-8-3-1-7(13)2-4-8/h1-5,14-15H,6H2. The second kappa shape index (κ2) is 5.80. The van der Waals surface area contributed by atoms with Gasteiger partial charge in [-0.1, -0.05) is 11.6 Å². The first-order valence-corrected chi connectivity index (χ1v) is 8.57. The van der Waals surface area contributed by atoms with E-state index in [4.69, 9.17) is 16.7 Å². The number of halogens is 2. The maximum Gasteiger partial charge on any atom is 0.263 e. The predicted octanol–water partition coefficient (Wildman–Crippen LogP) is 3.46. The van der Waals surface area contributed by atoms with Crippen molar-refractivity contribution < 1.29 is 13.5 Å². The van der Waals surface area contributed by atoms with Crippen LogP contribution in [0.4, 0.5) is 5.69 Å². The summed E-state index contributed by atoms with van der Waals surface area (Å²) in [7, 11) is -3.69. The van der Waals surface area contributed by atoms with Gasteiger partial charge >= 0.3 is 0 Å². The number of rotatable bonds is 4. The molecule has 0 aliphatic rings. The molecule has 102 valence electrons. The Labute approximate surface area is 128 Å². The fourth-order valence-electron chi connectivity index (χ4n) is 1.39. The molecule has 1 aromatic carbocycles. The number of benzene rings is 1. The predicted molar refractivity (Wildman–Crippen MR) is 80.2 cm³/mol. The topological polar surface area (TPSA) is 66.4 Å². The minimum absolute atomic E-state index is 0.108. The molecule has 0 radical (unpaired) electrons. The van der Waals surface area contributed by atoms with E-state index in [-0.39, 0.29) is 11.5 Å². The van der Waals surface area contributed by atoms with Crippen LogP contribution in [-0.4, -0.2) is 13.5 Å². The molecule has 0 fully saturated rings. The Kier molecular flexibility index (Phi) is 4.52. The second-order valence-electron chi connectivity index (χ2n) is 3.62. The molecule has 4 nitrogen and oxygen atoms in total. The molecule has 19 heavy (non-hydrogen) atoms. The Bertz CT molecular complexity index is 682. The maximum atomic E-state index is 12.2. The average molecular weight is 383 g/mol. The zero-order valence-corrected chi connectivity index (χ0v) is 13.4. The highest BCUT2D eigenvalue weighted by molar-refractivity contribution is 9.11. The van der Waals surface area contributed by atoms with Gasteiger partial charge in [0.1, 0.15) is 4.90 Å². The van der Waals surface area contributed by atoms with Crippen molar-refractivity contribution in [3.05, 3.63) is 44.0 Å². The number of sulfonamides is 1. The van der Waals surface area contributed by atoms with Gasteiger partial charge in [-0.3, -0.25) is 4.72 Å². The van der Waals surface area contributed by atoms with Crippen LogP contribution in [0.25, 0.3) is 0 Å². The lowest BCUT2D eigenvalue weighted by atomic mass is 10.3. The number of aliphatic hydroxyl groups excluding tert-OH is 1. The summed E-state index contributed by atoms with van der Waals surface area (Å²) in [6.07, 6.45) is 0. The summed E-state index contributed by atoms with van der Waals surface area (Å²) in [5.41, 5.74) is 0.424. The quantitative estimate of drug-likeness (QED) is 0.851. The van der Waals surface area contributed by atoms with Gasteiger partial charge < -0.3 is 5.11 Å². The van der Waals surface area contributed by atoms with Crippen LogP contribution in [0.15, 0.2) is 39.0 Å². The summed E-state index contributed by atoms with van der Waals surface area (Å²) >= 11 is 10.1. The summed E-state index contributed by atoms with van der Waals surface area (Å²) in [6.45, 7) is -0.195. The van der Waals surface area contributed by atoms with E-state index in [9.17, 15) is 8.42 Å². The third-order valence-corrected chi connectivity index (χ3v) is 6.12. The molecule has 0 unspecified atom stereocenters. The Morgan fingerprint density at radius 3 is 2.47 bits per heavy atom. The van der Waals surface area contributed by atoms with Gasteiger partial charge in [0.2, 0.25) is 0 Å². The molecule has 0 aliphatic carbocycles. The fraction of sp³-hybridized carbons (Fsp3) is 0.0909. The first-order valence-electron chi connectivity index (χ1n) is 5.10. The van der Waals surface area contributed by atoms with Crippen LogP contribution in [0, 0.1) is 0 Å². The monoisotopic (exact) mass is 381 g/mol. The number of thiophene rings is 1. The average Bonchev–Trinajstić information content (AvgIpc) is 2.74. The lowest BCUT2D eigenvalue weighted by Gasteiger charge is -2.07. The third kappa shape index (κ3) is 3.49. The van der Waals surface area contributed by atoms with Crippen LogP contribution in [0.5, 0.6) is 0 Å². The molecule has 0 atom stereocenters. The van der Waals surface area contributed by atoms with E-state index in [2.05, 4.69) is 20.7 Å². The second-order valence-corrected chi connectivity index (χ2v) is 8.16. The highest BCUT2D eigenvalue weighted by Gasteiger charge is 2.20. The summed E-state index contributed by atoms with van der Waals surface area (Å²) in [4.78, 5) is 0.680. The van der Waals surface area contributed by atoms with Crippen molar-refractivity contribution in [2.45, 2.75) is 11.5 Å². The number of anilines is 1. The van der Waals surface area contributed by atoms with Crippen molar-refractivity contribution in [1.82, 2.24) is 0 Å². The van der Waals surface area contributed by atoms with Crippen molar-refractivity contribution in [1.29, 1.82) is 0 Å². The van der Waals surface area contributed by atoms with Crippen molar-refractivity contribution in [3.8, 4) is 0 Å². The van der Waals surface area contributed by atoms with Crippen LogP contribution in [-0.2, 0) is 16.6 Å². The normalized spacial score (nSPS) is 11.5. The molecule has 0 saturated heterocycles. The van der Waals surface area contributed by atoms with Crippen LogP contribution in [0.2, 0.25) is 5.02 Å². The number of nitrogens with one attached hydrogen (secondary N) is 1. The van der Waals surface area contributed by atoms with Gasteiger partial charge in [0.25, 0.3) is 10.0 Å². The Morgan fingerprint density at radius 1 is 1.32 bits per heavy atom. The molecule has 0 bridgehead atoms. The lowest BCUT2D eigenvalue weighted by Crippen LogP contribution is -2.12. The Hall–Kier alpha value is -0.600. The Balaban J connectivity index is 2.31. The molecule has 0 amide bonds. The maximum absolute atomic E-state index is 12.2. The SMILES string of the molecule is O=S(=O)(Nc1ccc(Cl)cc1)c1cc(CO)sc1Br. The molecule has 2 rings (SSSR count).